The van der Waals surface area contributed by atoms with Crippen LogP contribution in [0.1, 0.15) is 73.1 Å². The monoisotopic (exact) mass is 294 g/mol. The van der Waals surface area contributed by atoms with Crippen molar-refractivity contribution in [2.24, 2.45) is 22.7 Å². The molecule has 2 N–H and O–H groups in total. The van der Waals surface area contributed by atoms with Crippen LogP contribution in [0.15, 0.2) is 12.7 Å². The van der Waals surface area contributed by atoms with Crippen LogP contribution in [0.2, 0.25) is 0 Å². The third kappa shape index (κ3) is 2.94. The zero-order valence-corrected chi connectivity index (χ0v) is 14.6. The van der Waals surface area contributed by atoms with Crippen molar-refractivity contribution in [2.45, 2.75) is 84.3 Å². The third-order valence-corrected chi connectivity index (χ3v) is 6.82. The van der Waals surface area contributed by atoms with Crippen LogP contribution in [0.3, 0.4) is 0 Å². The fourth-order valence-electron chi connectivity index (χ4n) is 5.57. The van der Waals surface area contributed by atoms with Gasteiger partial charge in [-0.3, -0.25) is 0 Å². The van der Waals surface area contributed by atoms with E-state index in [0.717, 1.165) is 19.3 Å². The summed E-state index contributed by atoms with van der Waals surface area (Å²) >= 11 is 0. The molecule has 2 aliphatic rings. The van der Waals surface area contributed by atoms with Gasteiger partial charge in [-0.05, 0) is 68.6 Å². The standard InChI is InChI=1S/C19H34O2/c1-7-17(4,20)13-15-18(5)11-8-10-16(2,3)14(18)9-12-19(15,6)21/h7,14-15,20-21H,1,8-13H2,2-6H3/t14?,15?,17?,18-,19-/m0/s1. The van der Waals surface area contributed by atoms with Crippen molar-refractivity contribution in [2.75, 3.05) is 0 Å². The molecule has 3 unspecified atom stereocenters. The molecule has 0 saturated heterocycles. The van der Waals surface area contributed by atoms with Gasteiger partial charge in [-0.15, -0.1) is 6.58 Å². The Labute approximate surface area is 130 Å². The summed E-state index contributed by atoms with van der Waals surface area (Å²) in [5.74, 6) is 0.751. The summed E-state index contributed by atoms with van der Waals surface area (Å²) in [6, 6.07) is 0. The Morgan fingerprint density at radius 2 is 1.81 bits per heavy atom. The molecule has 122 valence electrons. The van der Waals surface area contributed by atoms with Crippen molar-refractivity contribution in [3.63, 3.8) is 0 Å². The molecule has 0 aromatic rings. The van der Waals surface area contributed by atoms with Crippen molar-refractivity contribution in [3.8, 4) is 0 Å². The number of fused-ring (bicyclic) bond motifs is 1. The molecule has 0 aromatic heterocycles. The molecule has 0 bridgehead atoms. The van der Waals surface area contributed by atoms with Gasteiger partial charge in [-0.2, -0.15) is 0 Å². The minimum absolute atomic E-state index is 0.108. The Hall–Kier alpha value is -0.340. The summed E-state index contributed by atoms with van der Waals surface area (Å²) in [5, 5.41) is 21.5. The average Bonchev–Trinajstić information content (AvgIpc) is 2.33. The molecule has 2 saturated carbocycles. The molecular weight excluding hydrogens is 260 g/mol. The quantitative estimate of drug-likeness (QED) is 0.762. The lowest BCUT2D eigenvalue weighted by molar-refractivity contribution is -0.180. The predicted molar refractivity (Wildman–Crippen MR) is 88.0 cm³/mol. The van der Waals surface area contributed by atoms with E-state index in [1.807, 2.05) is 13.8 Å². The molecule has 0 spiro atoms. The summed E-state index contributed by atoms with van der Waals surface area (Å²) < 4.78 is 0. The van der Waals surface area contributed by atoms with Gasteiger partial charge in [0.2, 0.25) is 0 Å². The Kier molecular flexibility index (Phi) is 4.13. The van der Waals surface area contributed by atoms with Crippen LogP contribution in [0.5, 0.6) is 0 Å². The van der Waals surface area contributed by atoms with Gasteiger partial charge in [0, 0.05) is 0 Å². The first-order valence-electron chi connectivity index (χ1n) is 8.53. The Morgan fingerprint density at radius 3 is 2.38 bits per heavy atom. The number of hydrogen-bond donors (Lipinski definition) is 2. The molecule has 2 nitrogen and oxygen atoms in total. The lowest BCUT2D eigenvalue weighted by Gasteiger charge is -2.62. The van der Waals surface area contributed by atoms with Crippen LogP contribution >= 0.6 is 0 Å². The normalized spacial score (nSPS) is 45.5. The van der Waals surface area contributed by atoms with Gasteiger partial charge in [0.25, 0.3) is 0 Å². The largest absolute Gasteiger partial charge is 0.390 e. The van der Waals surface area contributed by atoms with Gasteiger partial charge in [-0.1, -0.05) is 33.3 Å². The molecule has 2 rings (SSSR count). The number of hydrogen-bond acceptors (Lipinski definition) is 2. The second-order valence-electron chi connectivity index (χ2n) is 9.11. The van der Waals surface area contributed by atoms with E-state index in [-0.39, 0.29) is 11.3 Å². The highest BCUT2D eigenvalue weighted by molar-refractivity contribution is 5.10. The first kappa shape index (κ1) is 17.0. The topological polar surface area (TPSA) is 40.5 Å². The summed E-state index contributed by atoms with van der Waals surface area (Å²) in [6.45, 7) is 14.7. The van der Waals surface area contributed by atoms with Crippen molar-refractivity contribution in [3.05, 3.63) is 12.7 Å². The molecule has 2 aliphatic carbocycles. The van der Waals surface area contributed by atoms with E-state index in [2.05, 4.69) is 27.4 Å². The van der Waals surface area contributed by atoms with Gasteiger partial charge in [-0.25, -0.2) is 0 Å². The minimum atomic E-state index is -0.902. The third-order valence-electron chi connectivity index (χ3n) is 6.82. The zero-order valence-electron chi connectivity index (χ0n) is 14.6. The van der Waals surface area contributed by atoms with Crippen molar-refractivity contribution in [1.29, 1.82) is 0 Å². The lowest BCUT2D eigenvalue weighted by Crippen LogP contribution is -2.58. The van der Waals surface area contributed by atoms with E-state index in [4.69, 9.17) is 0 Å². The molecule has 2 fully saturated rings. The maximum absolute atomic E-state index is 11.0. The number of aliphatic hydroxyl groups is 2. The summed E-state index contributed by atoms with van der Waals surface area (Å²) in [4.78, 5) is 0. The van der Waals surface area contributed by atoms with Crippen LogP contribution in [0.4, 0.5) is 0 Å². The first-order valence-corrected chi connectivity index (χ1v) is 8.53. The second-order valence-corrected chi connectivity index (χ2v) is 9.11. The van der Waals surface area contributed by atoms with E-state index < -0.39 is 11.2 Å². The van der Waals surface area contributed by atoms with Crippen molar-refractivity contribution in [1.82, 2.24) is 0 Å². The van der Waals surface area contributed by atoms with E-state index >= 15 is 0 Å². The Bertz CT molecular complexity index is 408. The van der Waals surface area contributed by atoms with Crippen LogP contribution in [-0.4, -0.2) is 21.4 Å². The number of rotatable bonds is 3. The second kappa shape index (κ2) is 5.09. The fourth-order valence-corrected chi connectivity index (χ4v) is 5.57. The van der Waals surface area contributed by atoms with Crippen LogP contribution in [0.25, 0.3) is 0 Å². The highest BCUT2D eigenvalue weighted by Gasteiger charge is 2.58. The summed E-state index contributed by atoms with van der Waals surface area (Å²) in [5.41, 5.74) is -1.15. The van der Waals surface area contributed by atoms with Gasteiger partial charge in [0.15, 0.2) is 0 Å². The molecule has 0 radical (unpaired) electrons. The summed E-state index contributed by atoms with van der Waals surface area (Å²) in [7, 11) is 0. The molecular formula is C19H34O2. The SMILES string of the molecule is C=CC(C)(O)CC1[C@@]2(C)CCCC(C)(C)C2CC[C@]1(C)O. The zero-order chi connectivity index (χ0) is 16.1. The highest BCUT2D eigenvalue weighted by atomic mass is 16.3. The van der Waals surface area contributed by atoms with Crippen LogP contribution in [0, 0.1) is 22.7 Å². The van der Waals surface area contributed by atoms with Crippen molar-refractivity contribution < 1.29 is 10.2 Å². The highest BCUT2D eigenvalue weighted by Crippen LogP contribution is 2.63. The predicted octanol–water partition coefficient (Wildman–Crippen LogP) is 4.31. The van der Waals surface area contributed by atoms with E-state index in [9.17, 15) is 10.2 Å². The van der Waals surface area contributed by atoms with Gasteiger partial charge >= 0.3 is 0 Å². The maximum atomic E-state index is 11.0. The van der Waals surface area contributed by atoms with Gasteiger partial charge in [0.1, 0.15) is 0 Å². The maximum Gasteiger partial charge on any atom is 0.0801 e. The molecule has 21 heavy (non-hydrogen) atoms. The molecule has 0 aliphatic heterocycles. The van der Waals surface area contributed by atoms with E-state index in [0.29, 0.717) is 17.8 Å². The van der Waals surface area contributed by atoms with Crippen LogP contribution < -0.4 is 0 Å². The molecule has 0 aromatic carbocycles. The summed E-state index contributed by atoms with van der Waals surface area (Å²) in [6.07, 6.45) is 7.84. The van der Waals surface area contributed by atoms with Crippen LogP contribution in [-0.2, 0) is 0 Å². The average molecular weight is 294 g/mol. The minimum Gasteiger partial charge on any atom is -0.390 e. The molecule has 5 atom stereocenters. The molecule has 0 heterocycles. The first-order chi connectivity index (χ1) is 9.45. The van der Waals surface area contributed by atoms with E-state index in [1.165, 1.54) is 12.8 Å². The lowest BCUT2D eigenvalue weighted by atomic mass is 9.44. The van der Waals surface area contributed by atoms with Crippen molar-refractivity contribution >= 4 is 0 Å². The smallest absolute Gasteiger partial charge is 0.0801 e. The Morgan fingerprint density at radius 1 is 1.19 bits per heavy atom. The van der Waals surface area contributed by atoms with E-state index in [1.54, 1.807) is 6.08 Å². The van der Waals surface area contributed by atoms with Gasteiger partial charge < -0.3 is 10.2 Å². The Balaban J connectivity index is 2.39. The fraction of sp³-hybridized carbons (Fsp3) is 0.895. The van der Waals surface area contributed by atoms with Gasteiger partial charge in [0.05, 0.1) is 11.2 Å². The molecule has 0 amide bonds. The molecule has 2 heteroatoms.